The van der Waals surface area contributed by atoms with Gasteiger partial charge in [0.1, 0.15) is 11.5 Å². The Labute approximate surface area is 187 Å². The quantitative estimate of drug-likeness (QED) is 0.454. The first kappa shape index (κ1) is 20.1. The van der Waals surface area contributed by atoms with E-state index in [1.165, 1.54) is 10.5 Å². The van der Waals surface area contributed by atoms with Gasteiger partial charge in [-0.2, -0.15) is 0 Å². The maximum Gasteiger partial charge on any atom is 0.137 e. The molecule has 0 atom stereocenters. The minimum Gasteiger partial charge on any atom is -0.354 e. The zero-order chi connectivity index (χ0) is 21.2. The van der Waals surface area contributed by atoms with Gasteiger partial charge >= 0.3 is 0 Å². The molecule has 0 aliphatic carbocycles. The average molecular weight is 430 g/mol. The number of hydrogen-bond acceptors (Lipinski definition) is 5. The number of hydrogen-bond donors (Lipinski definition) is 1. The van der Waals surface area contributed by atoms with Gasteiger partial charge in [-0.15, -0.1) is 11.8 Å². The van der Waals surface area contributed by atoms with Crippen LogP contribution in [0.15, 0.2) is 72.0 Å². The minimum atomic E-state index is 0.579. The van der Waals surface area contributed by atoms with Crippen LogP contribution in [0.5, 0.6) is 0 Å². The lowest BCUT2D eigenvalue weighted by Crippen LogP contribution is -2.43. The molecule has 1 fully saturated rings. The van der Waals surface area contributed by atoms with Crippen LogP contribution in [0.4, 0.5) is 5.82 Å². The van der Waals surface area contributed by atoms with E-state index in [0.717, 1.165) is 54.5 Å². The van der Waals surface area contributed by atoms with Crippen LogP contribution in [0.25, 0.3) is 28.0 Å². The van der Waals surface area contributed by atoms with Crippen molar-refractivity contribution in [1.82, 2.24) is 19.7 Å². The third kappa shape index (κ3) is 4.31. The molecule has 31 heavy (non-hydrogen) atoms. The lowest BCUT2D eigenvalue weighted by atomic mass is 10.1. The standard InChI is InChI=1S/C25H27N5S/c1-18(2)31-22-7-3-19(4-8-22)23-16-28-25-10-6-21(17-30(23)25)20-5-9-24(27-15-20)29-13-11-26-12-14-29/h3-10,15-18,26H,11-14H2,1-2H3. The van der Waals surface area contributed by atoms with Crippen LogP contribution >= 0.6 is 11.8 Å². The third-order valence-electron chi connectivity index (χ3n) is 5.55. The largest absolute Gasteiger partial charge is 0.354 e. The monoisotopic (exact) mass is 429 g/mol. The van der Waals surface area contributed by atoms with Crippen LogP contribution in [0.2, 0.25) is 0 Å². The van der Waals surface area contributed by atoms with Crippen LogP contribution in [0.1, 0.15) is 13.8 Å². The second kappa shape index (κ2) is 8.73. The maximum absolute atomic E-state index is 4.73. The van der Waals surface area contributed by atoms with Crippen LogP contribution < -0.4 is 10.2 Å². The summed E-state index contributed by atoms with van der Waals surface area (Å²) < 4.78 is 2.17. The number of rotatable bonds is 5. The second-order valence-electron chi connectivity index (χ2n) is 8.12. The molecule has 1 aliphatic heterocycles. The highest BCUT2D eigenvalue weighted by Crippen LogP contribution is 2.29. The number of benzene rings is 1. The van der Waals surface area contributed by atoms with Crippen LogP contribution in [0, 0.1) is 0 Å². The highest BCUT2D eigenvalue weighted by molar-refractivity contribution is 7.99. The molecule has 158 valence electrons. The number of nitrogens with one attached hydrogen (secondary N) is 1. The fraction of sp³-hybridized carbons (Fsp3) is 0.280. The molecule has 0 bridgehead atoms. The summed E-state index contributed by atoms with van der Waals surface area (Å²) in [5.74, 6) is 1.05. The molecule has 1 aliphatic rings. The van der Waals surface area contributed by atoms with E-state index in [2.05, 4.69) is 88.2 Å². The van der Waals surface area contributed by atoms with Crippen molar-refractivity contribution in [3.63, 3.8) is 0 Å². The van der Waals surface area contributed by atoms with Crippen molar-refractivity contribution in [1.29, 1.82) is 0 Å². The summed E-state index contributed by atoms with van der Waals surface area (Å²) in [5.41, 5.74) is 5.47. The van der Waals surface area contributed by atoms with Gasteiger partial charge in [0.05, 0.1) is 11.9 Å². The molecule has 5 nitrogen and oxygen atoms in total. The van der Waals surface area contributed by atoms with Gasteiger partial charge in [-0.05, 0) is 36.4 Å². The molecule has 1 aromatic carbocycles. The van der Waals surface area contributed by atoms with Crippen LogP contribution in [-0.2, 0) is 0 Å². The molecular weight excluding hydrogens is 402 g/mol. The molecule has 6 heteroatoms. The summed E-state index contributed by atoms with van der Waals surface area (Å²) in [6.45, 7) is 8.48. The molecule has 3 aromatic heterocycles. The van der Waals surface area contributed by atoms with Crippen LogP contribution in [0.3, 0.4) is 0 Å². The lowest BCUT2D eigenvalue weighted by molar-refractivity contribution is 0.585. The van der Waals surface area contributed by atoms with Crippen molar-refractivity contribution in [3.8, 4) is 22.4 Å². The fourth-order valence-corrected chi connectivity index (χ4v) is 4.82. The van der Waals surface area contributed by atoms with Gasteiger partial charge in [-0.3, -0.25) is 4.40 Å². The summed E-state index contributed by atoms with van der Waals surface area (Å²) in [6.07, 6.45) is 6.10. The molecule has 5 rings (SSSR count). The van der Waals surface area contributed by atoms with Gasteiger partial charge in [0, 0.05) is 65.4 Å². The molecule has 0 saturated carbocycles. The first-order chi connectivity index (χ1) is 15.2. The number of fused-ring (bicyclic) bond motifs is 1. The Bertz CT molecular complexity index is 1160. The molecule has 1 N–H and O–H groups in total. The van der Waals surface area contributed by atoms with E-state index in [9.17, 15) is 0 Å². The number of nitrogens with zero attached hydrogens (tertiary/aromatic N) is 4. The molecular formula is C25H27N5S. The van der Waals surface area contributed by atoms with Crippen LogP contribution in [-0.4, -0.2) is 45.8 Å². The molecule has 0 unspecified atom stereocenters. The molecule has 0 spiro atoms. The van der Waals surface area contributed by atoms with Gasteiger partial charge < -0.3 is 10.2 Å². The number of imidazole rings is 1. The van der Waals surface area contributed by atoms with Crippen molar-refractivity contribution < 1.29 is 0 Å². The molecule has 4 heterocycles. The van der Waals surface area contributed by atoms with Crippen molar-refractivity contribution in [2.75, 3.05) is 31.1 Å². The Hall–Kier alpha value is -2.83. The van der Waals surface area contributed by atoms with Crippen molar-refractivity contribution in [2.45, 2.75) is 24.0 Å². The molecule has 4 aromatic rings. The Morgan fingerprint density at radius 1 is 0.839 bits per heavy atom. The van der Waals surface area contributed by atoms with E-state index in [-0.39, 0.29) is 0 Å². The predicted molar refractivity (Wildman–Crippen MR) is 130 cm³/mol. The zero-order valence-corrected chi connectivity index (χ0v) is 18.8. The minimum absolute atomic E-state index is 0.579. The first-order valence-corrected chi connectivity index (χ1v) is 11.7. The Morgan fingerprint density at radius 3 is 2.29 bits per heavy atom. The highest BCUT2D eigenvalue weighted by Gasteiger charge is 2.12. The van der Waals surface area contributed by atoms with E-state index in [1.807, 2.05) is 24.2 Å². The smallest absolute Gasteiger partial charge is 0.137 e. The van der Waals surface area contributed by atoms with E-state index in [0.29, 0.717) is 5.25 Å². The number of piperazine rings is 1. The van der Waals surface area contributed by atoms with E-state index < -0.39 is 0 Å². The van der Waals surface area contributed by atoms with Gasteiger partial charge in [0.15, 0.2) is 0 Å². The summed E-state index contributed by atoms with van der Waals surface area (Å²) >= 11 is 1.88. The normalized spacial score (nSPS) is 14.5. The number of anilines is 1. The first-order valence-electron chi connectivity index (χ1n) is 10.8. The number of aromatic nitrogens is 3. The van der Waals surface area contributed by atoms with E-state index >= 15 is 0 Å². The average Bonchev–Trinajstić information content (AvgIpc) is 3.23. The van der Waals surface area contributed by atoms with Crippen molar-refractivity contribution in [2.24, 2.45) is 0 Å². The zero-order valence-electron chi connectivity index (χ0n) is 18.0. The molecule has 1 saturated heterocycles. The molecule has 0 amide bonds. The van der Waals surface area contributed by atoms with E-state index in [4.69, 9.17) is 4.98 Å². The fourth-order valence-electron chi connectivity index (χ4n) is 3.98. The lowest BCUT2D eigenvalue weighted by Gasteiger charge is -2.28. The van der Waals surface area contributed by atoms with Gasteiger partial charge in [0.25, 0.3) is 0 Å². The maximum atomic E-state index is 4.73. The summed E-state index contributed by atoms with van der Waals surface area (Å²) in [4.78, 5) is 13.0. The predicted octanol–water partition coefficient (Wildman–Crippen LogP) is 4.97. The SMILES string of the molecule is CC(C)Sc1ccc(-c2cnc3ccc(-c4ccc(N5CCNCC5)nc4)cn23)cc1. The van der Waals surface area contributed by atoms with Crippen molar-refractivity contribution in [3.05, 3.63) is 67.1 Å². The molecule has 0 radical (unpaired) electrons. The van der Waals surface area contributed by atoms with Gasteiger partial charge in [0.2, 0.25) is 0 Å². The topological polar surface area (TPSA) is 45.5 Å². The Morgan fingerprint density at radius 2 is 1.58 bits per heavy atom. The van der Waals surface area contributed by atoms with Crippen molar-refractivity contribution >= 4 is 23.2 Å². The second-order valence-corrected chi connectivity index (χ2v) is 9.77. The summed E-state index contributed by atoms with van der Waals surface area (Å²) in [6, 6.07) is 17.3. The Kier molecular flexibility index (Phi) is 5.66. The third-order valence-corrected chi connectivity index (χ3v) is 6.57. The van der Waals surface area contributed by atoms with E-state index in [1.54, 1.807) is 0 Å². The number of thioether (sulfide) groups is 1. The summed E-state index contributed by atoms with van der Waals surface area (Å²) in [7, 11) is 0. The Balaban J connectivity index is 1.43. The van der Waals surface area contributed by atoms with Gasteiger partial charge in [-0.25, -0.2) is 9.97 Å². The number of pyridine rings is 2. The highest BCUT2D eigenvalue weighted by atomic mass is 32.2. The summed E-state index contributed by atoms with van der Waals surface area (Å²) in [5, 5.41) is 3.97. The van der Waals surface area contributed by atoms with Gasteiger partial charge in [-0.1, -0.05) is 26.0 Å².